The first-order valence-electron chi connectivity index (χ1n) is 4.73. The second-order valence-corrected chi connectivity index (χ2v) is 2.65. The number of hydrogen-bond acceptors (Lipinski definition) is 1. The van der Waals surface area contributed by atoms with Gasteiger partial charge in [-0.25, -0.2) is 0 Å². The average Bonchev–Trinajstić information content (AvgIpc) is 2.15. The average molecular weight is 195 g/mol. The van der Waals surface area contributed by atoms with E-state index >= 15 is 0 Å². The van der Waals surface area contributed by atoms with Crippen molar-refractivity contribution in [2.45, 2.75) is 27.7 Å². The van der Waals surface area contributed by atoms with Crippen molar-refractivity contribution in [3.63, 3.8) is 0 Å². The van der Waals surface area contributed by atoms with Crippen LogP contribution in [0, 0.1) is 0 Å². The second kappa shape index (κ2) is 8.30. The summed E-state index contributed by atoms with van der Waals surface area (Å²) in [7, 11) is 1.71. The minimum absolute atomic E-state index is 0.00824. The van der Waals surface area contributed by atoms with E-state index in [0.717, 1.165) is 11.3 Å². The molecule has 0 aliphatic heterocycles. The molecule has 0 unspecified atom stereocenters. The molecule has 0 saturated heterocycles. The van der Waals surface area contributed by atoms with Gasteiger partial charge in [0.25, 0.3) is 0 Å². The molecule has 0 aliphatic carbocycles. The lowest BCUT2D eigenvalue weighted by Crippen LogP contribution is -2.23. The van der Waals surface area contributed by atoms with E-state index in [0.29, 0.717) is 0 Å². The normalized spacial score (nSPS) is 9.64. The molecule has 0 aromatic carbocycles. The van der Waals surface area contributed by atoms with Gasteiger partial charge < -0.3 is 4.90 Å². The Morgan fingerprint density at radius 2 is 1.71 bits per heavy atom. The number of carbonyl (C=O) groups excluding carboxylic acids is 1. The monoisotopic (exact) mass is 195 g/mol. The first kappa shape index (κ1) is 15.2. The minimum atomic E-state index is -0.00824. The van der Waals surface area contributed by atoms with E-state index in [1.54, 1.807) is 24.1 Å². The van der Waals surface area contributed by atoms with E-state index in [1.807, 2.05) is 20.8 Å². The Kier molecular flexibility index (Phi) is 8.99. The van der Waals surface area contributed by atoms with Gasteiger partial charge in [-0.2, -0.15) is 0 Å². The van der Waals surface area contributed by atoms with Gasteiger partial charge in [0.1, 0.15) is 0 Å². The number of likely N-dealkylation sites (N-methyl/N-ethyl adjacent to an activating group) is 1. The van der Waals surface area contributed by atoms with E-state index in [9.17, 15) is 4.79 Å². The maximum Gasteiger partial charge on any atom is 0.223 e. The van der Waals surface area contributed by atoms with Crippen molar-refractivity contribution in [3.8, 4) is 0 Å². The number of hydrogen-bond donors (Lipinski definition) is 0. The largest absolute Gasteiger partial charge is 0.315 e. The molecule has 0 N–H and O–H groups in total. The Bertz CT molecular complexity index is 239. The van der Waals surface area contributed by atoms with Crippen LogP contribution in [0.15, 0.2) is 36.6 Å². The fourth-order valence-corrected chi connectivity index (χ4v) is 0.822. The Labute approximate surface area is 87.6 Å². The Hall–Kier alpha value is -1.31. The van der Waals surface area contributed by atoms with Gasteiger partial charge in [0.05, 0.1) is 0 Å². The predicted molar refractivity (Wildman–Crippen MR) is 62.9 cm³/mol. The second-order valence-electron chi connectivity index (χ2n) is 2.65. The summed E-state index contributed by atoms with van der Waals surface area (Å²) in [5.41, 5.74) is 1.66. The minimum Gasteiger partial charge on any atom is -0.315 e. The van der Waals surface area contributed by atoms with Crippen LogP contribution in [0.1, 0.15) is 27.7 Å². The zero-order chi connectivity index (χ0) is 11.7. The molecular formula is C12H21NO. The lowest BCUT2D eigenvalue weighted by atomic mass is 10.2. The SMILES string of the molecule is C=C/C=C(\C(=C)C)N(C)C(C)=O.CC. The predicted octanol–water partition coefficient (Wildman–Crippen LogP) is 3.14. The van der Waals surface area contributed by atoms with Crippen LogP contribution in [0.4, 0.5) is 0 Å². The van der Waals surface area contributed by atoms with Gasteiger partial charge in [0, 0.05) is 19.7 Å². The van der Waals surface area contributed by atoms with Crippen LogP contribution in [0.5, 0.6) is 0 Å². The van der Waals surface area contributed by atoms with Crippen LogP contribution in [-0.4, -0.2) is 17.9 Å². The number of rotatable bonds is 3. The highest BCUT2D eigenvalue weighted by Crippen LogP contribution is 2.11. The van der Waals surface area contributed by atoms with E-state index in [-0.39, 0.29) is 5.91 Å². The van der Waals surface area contributed by atoms with Crippen LogP contribution < -0.4 is 0 Å². The van der Waals surface area contributed by atoms with E-state index in [1.165, 1.54) is 6.92 Å². The number of carbonyl (C=O) groups is 1. The summed E-state index contributed by atoms with van der Waals surface area (Å²) in [6.07, 6.45) is 3.41. The maximum atomic E-state index is 11.0. The summed E-state index contributed by atoms with van der Waals surface area (Å²) in [5.74, 6) is -0.00824. The fraction of sp³-hybridized carbons (Fsp3) is 0.417. The molecule has 2 heteroatoms. The molecule has 0 fully saturated rings. The third kappa shape index (κ3) is 5.36. The lowest BCUT2D eigenvalue weighted by Gasteiger charge is -2.18. The number of allylic oxidation sites excluding steroid dienone is 3. The molecule has 0 saturated carbocycles. The Balaban J connectivity index is 0. The highest BCUT2D eigenvalue weighted by Gasteiger charge is 2.07. The van der Waals surface area contributed by atoms with Gasteiger partial charge in [-0.1, -0.05) is 33.1 Å². The molecule has 0 aliphatic rings. The van der Waals surface area contributed by atoms with Crippen LogP contribution >= 0.6 is 0 Å². The third-order valence-electron chi connectivity index (χ3n) is 1.55. The first-order valence-corrected chi connectivity index (χ1v) is 4.73. The van der Waals surface area contributed by atoms with Gasteiger partial charge in [-0.3, -0.25) is 4.79 Å². The smallest absolute Gasteiger partial charge is 0.223 e. The standard InChI is InChI=1S/C10H15NO.C2H6/c1-6-7-10(8(2)3)11(5)9(4)12;1-2/h6-7H,1-2H2,3-5H3;1-2H3/b10-7+;. The molecule has 0 radical (unpaired) electrons. The summed E-state index contributed by atoms with van der Waals surface area (Å²) in [4.78, 5) is 12.5. The van der Waals surface area contributed by atoms with Gasteiger partial charge in [0.15, 0.2) is 0 Å². The lowest BCUT2D eigenvalue weighted by molar-refractivity contribution is -0.125. The van der Waals surface area contributed by atoms with Crippen molar-refractivity contribution in [3.05, 3.63) is 36.6 Å². The highest BCUT2D eigenvalue weighted by atomic mass is 16.2. The summed E-state index contributed by atoms with van der Waals surface area (Å²) in [6, 6.07) is 0. The highest BCUT2D eigenvalue weighted by molar-refractivity contribution is 5.76. The Morgan fingerprint density at radius 3 is 1.93 bits per heavy atom. The molecule has 2 nitrogen and oxygen atoms in total. The number of amides is 1. The molecule has 14 heavy (non-hydrogen) atoms. The zero-order valence-corrected chi connectivity index (χ0v) is 9.92. The first-order chi connectivity index (χ1) is 6.50. The van der Waals surface area contributed by atoms with E-state index in [4.69, 9.17) is 0 Å². The molecule has 0 rings (SSSR count). The molecule has 0 aromatic heterocycles. The van der Waals surface area contributed by atoms with Crippen molar-refractivity contribution in [2.75, 3.05) is 7.05 Å². The van der Waals surface area contributed by atoms with Crippen LogP contribution in [-0.2, 0) is 4.79 Å². The molecule has 0 spiro atoms. The van der Waals surface area contributed by atoms with Gasteiger partial charge >= 0.3 is 0 Å². The van der Waals surface area contributed by atoms with Crippen LogP contribution in [0.3, 0.4) is 0 Å². The molecule has 1 amide bonds. The summed E-state index contributed by atoms with van der Waals surface area (Å²) in [6.45, 7) is 14.7. The van der Waals surface area contributed by atoms with Crippen LogP contribution in [0.2, 0.25) is 0 Å². The van der Waals surface area contributed by atoms with Crippen LogP contribution in [0.25, 0.3) is 0 Å². The molecule has 80 valence electrons. The quantitative estimate of drug-likeness (QED) is 0.633. The maximum absolute atomic E-state index is 11.0. The zero-order valence-electron chi connectivity index (χ0n) is 9.92. The molecule has 0 bridgehead atoms. The topological polar surface area (TPSA) is 20.3 Å². The van der Waals surface area contributed by atoms with Crippen molar-refractivity contribution in [1.29, 1.82) is 0 Å². The molecule has 0 heterocycles. The van der Waals surface area contributed by atoms with Gasteiger partial charge in [0.2, 0.25) is 5.91 Å². The van der Waals surface area contributed by atoms with E-state index < -0.39 is 0 Å². The van der Waals surface area contributed by atoms with Crippen molar-refractivity contribution < 1.29 is 4.79 Å². The molecular weight excluding hydrogens is 174 g/mol. The molecule has 0 atom stereocenters. The van der Waals surface area contributed by atoms with Crippen molar-refractivity contribution in [1.82, 2.24) is 4.90 Å². The third-order valence-corrected chi connectivity index (χ3v) is 1.55. The van der Waals surface area contributed by atoms with Crippen molar-refractivity contribution in [2.24, 2.45) is 0 Å². The van der Waals surface area contributed by atoms with Gasteiger partial charge in [-0.15, -0.1) is 0 Å². The summed E-state index contributed by atoms with van der Waals surface area (Å²) >= 11 is 0. The van der Waals surface area contributed by atoms with Gasteiger partial charge in [-0.05, 0) is 18.6 Å². The van der Waals surface area contributed by atoms with E-state index in [2.05, 4.69) is 13.2 Å². The summed E-state index contributed by atoms with van der Waals surface area (Å²) < 4.78 is 0. The molecule has 0 aromatic rings. The Morgan fingerprint density at radius 1 is 1.29 bits per heavy atom. The summed E-state index contributed by atoms with van der Waals surface area (Å²) in [5, 5.41) is 0. The fourth-order valence-electron chi connectivity index (χ4n) is 0.822. The van der Waals surface area contributed by atoms with Crippen molar-refractivity contribution >= 4 is 5.91 Å². The number of nitrogens with zero attached hydrogens (tertiary/aromatic N) is 1.